The van der Waals surface area contributed by atoms with Crippen molar-refractivity contribution in [3.63, 3.8) is 0 Å². The molecule has 1 aliphatic heterocycles. The van der Waals surface area contributed by atoms with E-state index in [2.05, 4.69) is 10.3 Å². The smallest absolute Gasteiger partial charge is 0.327 e. The van der Waals surface area contributed by atoms with Gasteiger partial charge in [-0.05, 0) is 63.2 Å². The summed E-state index contributed by atoms with van der Waals surface area (Å²) in [6.07, 6.45) is 0. The molecule has 1 aromatic heterocycles. The first-order valence-electron chi connectivity index (χ1n) is 15.1. The molecule has 5 rings (SSSR count). The highest BCUT2D eigenvalue weighted by atomic mass is 19.2. The molecule has 1 saturated heterocycles. The molecule has 3 N–H and O–H groups in total. The van der Waals surface area contributed by atoms with Crippen molar-refractivity contribution in [1.29, 1.82) is 0 Å². The summed E-state index contributed by atoms with van der Waals surface area (Å²) in [7, 11) is 2.88. The Labute approximate surface area is 274 Å². The third-order valence-corrected chi connectivity index (χ3v) is 8.01. The molecular weight excluding hydrogens is 631 g/mol. The molecule has 0 bridgehead atoms. The number of anilines is 2. The van der Waals surface area contributed by atoms with Crippen LogP contribution in [0, 0.1) is 17.5 Å². The minimum Gasteiger partial charge on any atom is -0.497 e. The molecule has 3 amide bonds. The number of amides is 3. The minimum atomic E-state index is -1.22. The van der Waals surface area contributed by atoms with E-state index in [1.54, 1.807) is 48.9 Å². The lowest BCUT2D eigenvalue weighted by molar-refractivity contribution is -0.136. The molecule has 0 radical (unpaired) electrons. The maximum atomic E-state index is 14.5. The Bertz CT molecular complexity index is 1910. The van der Waals surface area contributed by atoms with Crippen LogP contribution in [0.15, 0.2) is 59.4 Å². The molecule has 1 unspecified atom stereocenters. The van der Waals surface area contributed by atoms with E-state index in [-0.39, 0.29) is 65.9 Å². The van der Waals surface area contributed by atoms with Crippen molar-refractivity contribution in [3.05, 3.63) is 88.2 Å². The first-order valence-corrected chi connectivity index (χ1v) is 15.1. The molecule has 48 heavy (non-hydrogen) atoms. The van der Waals surface area contributed by atoms with Gasteiger partial charge in [-0.15, -0.1) is 0 Å². The maximum Gasteiger partial charge on any atom is 0.327 e. The van der Waals surface area contributed by atoms with Gasteiger partial charge in [0.15, 0.2) is 17.5 Å². The highest BCUT2D eigenvalue weighted by Crippen LogP contribution is 2.37. The average Bonchev–Trinajstić information content (AvgIpc) is 3.06. The zero-order valence-corrected chi connectivity index (χ0v) is 27.1. The third kappa shape index (κ3) is 6.72. The first kappa shape index (κ1) is 34.0. The van der Waals surface area contributed by atoms with E-state index in [0.29, 0.717) is 5.75 Å². The molecule has 1 atom stereocenters. The Kier molecular flexibility index (Phi) is 9.52. The fourth-order valence-electron chi connectivity index (χ4n) is 5.55. The van der Waals surface area contributed by atoms with E-state index in [0.717, 1.165) is 12.1 Å². The Balaban J connectivity index is 1.66. The van der Waals surface area contributed by atoms with Crippen LogP contribution in [0.1, 0.15) is 32.6 Å². The predicted molar refractivity (Wildman–Crippen MR) is 175 cm³/mol. The summed E-state index contributed by atoms with van der Waals surface area (Å²) >= 11 is 0. The number of ether oxygens (including phenoxy) is 2. The van der Waals surface area contributed by atoms with Gasteiger partial charge in [0.2, 0.25) is 5.91 Å². The van der Waals surface area contributed by atoms with Crippen LogP contribution in [0.2, 0.25) is 0 Å². The van der Waals surface area contributed by atoms with Crippen LogP contribution in [0.3, 0.4) is 0 Å². The Morgan fingerprint density at radius 1 is 0.958 bits per heavy atom. The Morgan fingerprint density at radius 3 is 2.21 bits per heavy atom. The van der Waals surface area contributed by atoms with Crippen LogP contribution in [-0.4, -0.2) is 72.4 Å². The van der Waals surface area contributed by atoms with Crippen molar-refractivity contribution in [1.82, 2.24) is 14.6 Å². The van der Waals surface area contributed by atoms with E-state index < -0.39 is 40.6 Å². The number of benzene rings is 3. The number of hydrogen-bond donors (Lipinski definition) is 2. The lowest BCUT2D eigenvalue weighted by Crippen LogP contribution is -2.60. The van der Waals surface area contributed by atoms with Crippen LogP contribution < -0.4 is 36.0 Å². The molecule has 0 aliphatic carbocycles. The summed E-state index contributed by atoms with van der Waals surface area (Å²) in [5.41, 5.74) is 4.61. The number of urea groups is 1. The average molecular weight is 668 g/mol. The van der Waals surface area contributed by atoms with Crippen molar-refractivity contribution in [2.24, 2.45) is 5.73 Å². The quantitative estimate of drug-likeness (QED) is 0.286. The molecule has 1 aliphatic rings. The molecular formula is C33H36F3N7O5. The van der Waals surface area contributed by atoms with Gasteiger partial charge >= 0.3 is 6.03 Å². The predicted octanol–water partition coefficient (Wildman–Crippen LogP) is 4.15. The van der Waals surface area contributed by atoms with Crippen molar-refractivity contribution in [2.75, 3.05) is 55.6 Å². The zero-order chi connectivity index (χ0) is 34.9. The number of nitrogens with one attached hydrogen (secondary N) is 1. The second kappa shape index (κ2) is 13.4. The zero-order valence-electron chi connectivity index (χ0n) is 27.1. The van der Waals surface area contributed by atoms with Gasteiger partial charge in [-0.2, -0.15) is 0 Å². The standard InChI is InChI=1S/C33H36F3N7O5/c1-19(42(27-11-10-22(47-4)16-28(27)48-5)32(46)38-21-8-6-20(34)7-9-21)29-39-26-18-25(36)24(35)17-23(26)30(44)43(29)41-14-12-40(13-15-41)31(45)33(2,3)37/h6-11,16-19H,12-15,37H2,1-5H3,(H,38,46). The number of nitrogens with zero attached hydrogens (tertiary/aromatic N) is 5. The SMILES string of the molecule is COc1ccc(N(C(=O)Nc2ccc(F)cc2)C(C)c2nc3cc(F)c(F)cc3c(=O)n2N2CCN(C(=O)C(C)(C)N)CC2)c(OC)c1. The van der Waals surface area contributed by atoms with Gasteiger partial charge in [0, 0.05) is 30.9 Å². The fraction of sp³-hybridized carbons (Fsp3) is 0.333. The monoisotopic (exact) mass is 667 g/mol. The Hall–Kier alpha value is -5.31. The second-order valence-electron chi connectivity index (χ2n) is 11.9. The number of methoxy groups -OCH3 is 2. The highest BCUT2D eigenvalue weighted by Gasteiger charge is 2.35. The van der Waals surface area contributed by atoms with E-state index in [1.165, 1.54) is 48.1 Å². The number of fused-ring (bicyclic) bond motifs is 1. The van der Waals surface area contributed by atoms with Gasteiger partial charge in [0.25, 0.3) is 5.56 Å². The number of halogens is 3. The summed E-state index contributed by atoms with van der Waals surface area (Å²) in [5.74, 6) is -2.53. The number of carbonyl (C=O) groups is 2. The van der Waals surface area contributed by atoms with Crippen molar-refractivity contribution in [2.45, 2.75) is 32.4 Å². The Morgan fingerprint density at radius 2 is 1.60 bits per heavy atom. The highest BCUT2D eigenvalue weighted by molar-refractivity contribution is 6.03. The molecule has 4 aromatic rings. The topological polar surface area (TPSA) is 135 Å². The number of nitrogens with two attached hydrogens (primary N) is 1. The van der Waals surface area contributed by atoms with Crippen molar-refractivity contribution in [3.8, 4) is 11.5 Å². The van der Waals surface area contributed by atoms with Gasteiger partial charge in [-0.25, -0.2) is 27.6 Å². The summed E-state index contributed by atoms with van der Waals surface area (Å²) in [4.78, 5) is 48.6. The number of rotatable bonds is 8. The molecule has 0 spiro atoms. The van der Waals surface area contributed by atoms with E-state index >= 15 is 0 Å². The normalized spacial score (nSPS) is 14.1. The lowest BCUT2D eigenvalue weighted by Gasteiger charge is -2.40. The van der Waals surface area contributed by atoms with Gasteiger partial charge in [0.05, 0.1) is 55.5 Å². The summed E-state index contributed by atoms with van der Waals surface area (Å²) in [6, 6.07) is 9.72. The maximum absolute atomic E-state index is 14.5. The van der Waals surface area contributed by atoms with E-state index in [4.69, 9.17) is 15.2 Å². The van der Waals surface area contributed by atoms with Crippen LogP contribution in [-0.2, 0) is 4.79 Å². The van der Waals surface area contributed by atoms with Gasteiger partial charge in [-0.3, -0.25) is 14.5 Å². The second-order valence-corrected chi connectivity index (χ2v) is 11.9. The van der Waals surface area contributed by atoms with Crippen LogP contribution in [0.5, 0.6) is 11.5 Å². The lowest BCUT2D eigenvalue weighted by atomic mass is 10.1. The number of aromatic nitrogens is 2. The van der Waals surface area contributed by atoms with Crippen LogP contribution in [0.4, 0.5) is 29.3 Å². The van der Waals surface area contributed by atoms with Crippen molar-refractivity contribution < 1.29 is 32.2 Å². The van der Waals surface area contributed by atoms with Gasteiger partial charge in [0.1, 0.15) is 17.3 Å². The molecule has 2 heterocycles. The molecule has 0 saturated carbocycles. The largest absolute Gasteiger partial charge is 0.497 e. The minimum absolute atomic E-state index is 0.00423. The number of carbonyl (C=O) groups excluding carboxylic acids is 2. The van der Waals surface area contributed by atoms with Crippen molar-refractivity contribution >= 4 is 34.2 Å². The van der Waals surface area contributed by atoms with Gasteiger partial charge < -0.3 is 30.4 Å². The summed E-state index contributed by atoms with van der Waals surface area (Å²) < 4.78 is 54.7. The third-order valence-electron chi connectivity index (χ3n) is 8.01. The summed E-state index contributed by atoms with van der Waals surface area (Å²) in [6.45, 7) is 5.54. The number of piperazine rings is 1. The van der Waals surface area contributed by atoms with Crippen LogP contribution >= 0.6 is 0 Å². The van der Waals surface area contributed by atoms with E-state index in [9.17, 15) is 27.6 Å². The summed E-state index contributed by atoms with van der Waals surface area (Å²) in [5, 5.41) is 4.19. The fourth-order valence-corrected chi connectivity index (χ4v) is 5.55. The molecule has 12 nitrogen and oxygen atoms in total. The number of hydrogen-bond acceptors (Lipinski definition) is 8. The molecule has 15 heteroatoms. The van der Waals surface area contributed by atoms with E-state index in [1.807, 2.05) is 0 Å². The molecule has 1 fully saturated rings. The molecule has 254 valence electrons. The molecule has 3 aromatic carbocycles. The first-order chi connectivity index (χ1) is 22.7. The van der Waals surface area contributed by atoms with Crippen LogP contribution in [0.25, 0.3) is 10.9 Å². The van der Waals surface area contributed by atoms with Gasteiger partial charge in [-0.1, -0.05) is 0 Å².